The molecule has 4 heterocycles. The number of likely N-dealkylation sites (tertiary alicyclic amines) is 1. The lowest BCUT2D eigenvalue weighted by Gasteiger charge is -2.32. The van der Waals surface area contributed by atoms with Crippen LogP contribution in [0.5, 0.6) is 5.75 Å². The number of aromatic nitrogens is 6. The number of fused-ring (bicyclic) bond motifs is 1. The Hall–Kier alpha value is -4.00. The third-order valence-corrected chi connectivity index (χ3v) is 6.72. The number of anilines is 1. The van der Waals surface area contributed by atoms with Crippen molar-refractivity contribution in [3.05, 3.63) is 54.2 Å². The van der Waals surface area contributed by atoms with Crippen LogP contribution in [0.4, 0.5) is 10.6 Å². The summed E-state index contributed by atoms with van der Waals surface area (Å²) in [5.41, 5.74) is 2.03. The van der Waals surface area contributed by atoms with Crippen molar-refractivity contribution < 1.29 is 19.1 Å². The van der Waals surface area contributed by atoms with E-state index < -0.39 is 11.5 Å². The van der Waals surface area contributed by atoms with E-state index in [4.69, 9.17) is 14.6 Å². The van der Waals surface area contributed by atoms with Gasteiger partial charge in [-0.05, 0) is 57.9 Å². The molecule has 1 aromatic carbocycles. The average molecular weight is 597 g/mol. The average Bonchev–Trinajstić information content (AvgIpc) is 3.52. The van der Waals surface area contributed by atoms with E-state index in [0.717, 1.165) is 24.2 Å². The maximum Gasteiger partial charge on any atom is 0.410 e. The summed E-state index contributed by atoms with van der Waals surface area (Å²) in [6.07, 6.45) is 4.34. The van der Waals surface area contributed by atoms with Gasteiger partial charge in [0, 0.05) is 31.3 Å². The van der Waals surface area contributed by atoms with E-state index in [2.05, 4.69) is 36.6 Å². The van der Waals surface area contributed by atoms with Crippen LogP contribution in [0.3, 0.4) is 0 Å². The highest BCUT2D eigenvalue weighted by molar-refractivity contribution is 9.08. The van der Waals surface area contributed by atoms with Crippen LogP contribution in [0, 0.1) is 0 Å². The summed E-state index contributed by atoms with van der Waals surface area (Å²) in [5.74, 6) is 0.852. The monoisotopic (exact) mass is 596 g/mol. The maximum atomic E-state index is 13.3. The number of methoxy groups -OCH3 is 1. The van der Waals surface area contributed by atoms with Gasteiger partial charge in [-0.1, -0.05) is 0 Å². The zero-order valence-electron chi connectivity index (χ0n) is 22.1. The molecule has 13 heteroatoms. The molecule has 0 aliphatic carbocycles. The van der Waals surface area contributed by atoms with Crippen molar-refractivity contribution in [3.63, 3.8) is 0 Å². The van der Waals surface area contributed by atoms with E-state index >= 15 is 0 Å². The van der Waals surface area contributed by atoms with E-state index in [1.807, 2.05) is 51.1 Å². The Morgan fingerprint density at radius 1 is 1.10 bits per heavy atom. The number of hydrogen-bond donors (Lipinski definition) is 1. The number of nitrogens with one attached hydrogen (secondary N) is 1. The summed E-state index contributed by atoms with van der Waals surface area (Å²) < 4.78 is 14.1. The highest BCUT2D eigenvalue weighted by Crippen LogP contribution is 2.32. The summed E-state index contributed by atoms with van der Waals surface area (Å²) in [6, 6.07) is 9.26. The molecule has 0 unspecified atom stereocenters. The molecule has 5 rings (SSSR count). The normalized spacial score (nSPS) is 14.4. The number of halogens is 1. The fourth-order valence-corrected chi connectivity index (χ4v) is 4.70. The quantitative estimate of drug-likeness (QED) is 0.356. The molecule has 0 atom stereocenters. The Morgan fingerprint density at radius 2 is 1.82 bits per heavy atom. The minimum Gasteiger partial charge on any atom is -0.497 e. The van der Waals surface area contributed by atoms with Gasteiger partial charge in [-0.25, -0.2) is 14.5 Å². The number of ether oxygens (including phenoxy) is 2. The third-order valence-electron chi connectivity index (χ3n) is 6.33. The molecule has 0 radical (unpaired) electrons. The molecule has 204 valence electrons. The number of nitrogens with zero attached hydrogens (tertiary/aromatic N) is 7. The molecule has 12 nitrogen and oxygen atoms in total. The molecule has 3 aliphatic rings. The second-order valence-corrected chi connectivity index (χ2v) is 11.1. The smallest absolute Gasteiger partial charge is 0.410 e. The number of carbonyl (C=O) groups excluding carboxylic acids is 2. The second kappa shape index (κ2) is 10.6. The Kier molecular flexibility index (Phi) is 7.25. The molecule has 3 aliphatic heterocycles. The topological polar surface area (TPSA) is 129 Å². The van der Waals surface area contributed by atoms with Crippen molar-refractivity contribution in [1.82, 2.24) is 33.5 Å². The third kappa shape index (κ3) is 5.87. The van der Waals surface area contributed by atoms with Gasteiger partial charge in [0.05, 0.1) is 34.6 Å². The fourth-order valence-electron chi connectivity index (χ4n) is 4.42. The van der Waals surface area contributed by atoms with Gasteiger partial charge in [0.25, 0.3) is 5.91 Å². The molecule has 0 spiro atoms. The molecule has 1 saturated heterocycles. The van der Waals surface area contributed by atoms with Crippen molar-refractivity contribution in [2.24, 2.45) is 0 Å². The molecule has 2 aromatic rings. The molecule has 1 fully saturated rings. The largest absolute Gasteiger partial charge is 0.497 e. The first-order valence-electron chi connectivity index (χ1n) is 12.5. The molecule has 1 N–H and O–H groups in total. The molecule has 39 heavy (non-hydrogen) atoms. The zero-order chi connectivity index (χ0) is 27.7. The fraction of sp³-hybridized carbons (Fsp3) is 0.385. The SMILES string of the molecule is COc1ccc(-n2nc(C3CCN(C(=O)OC(C)(C)C)CC3)cc2NC(=O)c2nnc3cn(Br)cnc2-3)cc1. The maximum absolute atomic E-state index is 13.3. The van der Waals surface area contributed by atoms with Crippen molar-refractivity contribution in [3.8, 4) is 22.8 Å². The Morgan fingerprint density at radius 3 is 2.49 bits per heavy atom. The van der Waals surface area contributed by atoms with Crippen LogP contribution in [0.1, 0.15) is 55.7 Å². The van der Waals surface area contributed by atoms with Gasteiger partial charge in [0.2, 0.25) is 0 Å². The van der Waals surface area contributed by atoms with Crippen molar-refractivity contribution in [2.75, 3.05) is 25.5 Å². The summed E-state index contributed by atoms with van der Waals surface area (Å²) in [6.45, 7) is 6.70. The molecular weight excluding hydrogens is 568 g/mol. The number of piperidine rings is 1. The zero-order valence-corrected chi connectivity index (χ0v) is 23.7. The predicted molar refractivity (Wildman–Crippen MR) is 147 cm³/mol. The summed E-state index contributed by atoms with van der Waals surface area (Å²) in [7, 11) is 1.60. The molecule has 2 amide bonds. The van der Waals surface area contributed by atoms with Gasteiger partial charge < -0.3 is 19.7 Å². The van der Waals surface area contributed by atoms with Crippen LogP contribution in [0.25, 0.3) is 17.1 Å². The van der Waals surface area contributed by atoms with Crippen LogP contribution in [0.15, 0.2) is 42.9 Å². The molecule has 1 aromatic heterocycles. The van der Waals surface area contributed by atoms with Crippen molar-refractivity contribution >= 4 is 34.0 Å². The Bertz CT molecular complexity index is 1450. The van der Waals surface area contributed by atoms with E-state index in [9.17, 15) is 9.59 Å². The van der Waals surface area contributed by atoms with Gasteiger partial charge >= 0.3 is 6.09 Å². The van der Waals surface area contributed by atoms with Gasteiger partial charge in [-0.2, -0.15) is 5.10 Å². The van der Waals surface area contributed by atoms with E-state index in [1.54, 1.807) is 26.5 Å². The number of rotatable bonds is 5. The highest BCUT2D eigenvalue weighted by atomic mass is 79.9. The lowest BCUT2D eigenvalue weighted by molar-refractivity contribution is 0.0204. The first-order valence-corrected chi connectivity index (χ1v) is 13.2. The minimum atomic E-state index is -0.541. The van der Waals surface area contributed by atoms with Gasteiger partial charge in [0.1, 0.15) is 34.9 Å². The molecular formula is C26H29BrN8O4. The van der Waals surface area contributed by atoms with Gasteiger partial charge in [0.15, 0.2) is 5.69 Å². The number of benzene rings is 1. The van der Waals surface area contributed by atoms with Crippen molar-refractivity contribution in [1.29, 1.82) is 0 Å². The number of carbonyl (C=O) groups is 2. The summed E-state index contributed by atoms with van der Waals surface area (Å²) in [4.78, 5) is 31.8. The predicted octanol–water partition coefficient (Wildman–Crippen LogP) is 4.50. The summed E-state index contributed by atoms with van der Waals surface area (Å²) >= 11 is 3.28. The first kappa shape index (κ1) is 26.6. The van der Waals surface area contributed by atoms with Crippen LogP contribution in [0.2, 0.25) is 0 Å². The summed E-state index contributed by atoms with van der Waals surface area (Å²) in [5, 5.41) is 15.9. The lowest BCUT2D eigenvalue weighted by atomic mass is 9.94. The van der Waals surface area contributed by atoms with E-state index in [1.165, 1.54) is 6.33 Å². The Balaban J connectivity index is 1.39. The molecule has 0 saturated carbocycles. The van der Waals surface area contributed by atoms with Crippen LogP contribution < -0.4 is 10.1 Å². The highest BCUT2D eigenvalue weighted by Gasteiger charge is 2.30. The molecule has 0 bridgehead atoms. The number of amides is 2. The standard InChI is InChI=1S/C26H29BrN8O4/c1-26(2,3)39-25(37)33-11-9-16(10-12-33)19-13-21(35(32-19)17-5-7-18(38-4)8-6-17)29-24(36)23-22-20(30-31-23)14-34(27)15-28-22/h5-8,13-16H,9-12H2,1-4H3,(H,29,36). The van der Waals surface area contributed by atoms with Gasteiger partial charge in [-0.15, -0.1) is 10.2 Å². The lowest BCUT2D eigenvalue weighted by Crippen LogP contribution is -2.41. The Labute approximate surface area is 234 Å². The minimum absolute atomic E-state index is 0.106. The first-order chi connectivity index (χ1) is 18.6. The van der Waals surface area contributed by atoms with Crippen LogP contribution in [-0.4, -0.2) is 71.3 Å². The second-order valence-electron chi connectivity index (χ2n) is 10.3. The number of hydrogen-bond acceptors (Lipinski definition) is 8. The van der Waals surface area contributed by atoms with E-state index in [0.29, 0.717) is 36.0 Å². The van der Waals surface area contributed by atoms with Gasteiger partial charge in [-0.3, -0.25) is 8.39 Å². The van der Waals surface area contributed by atoms with E-state index in [-0.39, 0.29) is 17.7 Å². The van der Waals surface area contributed by atoms with Crippen molar-refractivity contribution in [2.45, 2.75) is 45.1 Å². The van der Waals surface area contributed by atoms with Crippen LogP contribution in [-0.2, 0) is 4.74 Å². The van der Waals surface area contributed by atoms with Crippen LogP contribution >= 0.6 is 16.1 Å².